The summed E-state index contributed by atoms with van der Waals surface area (Å²) < 4.78 is 2.18. The first-order valence-corrected chi connectivity index (χ1v) is 6.86. The molecule has 0 atom stereocenters. The molecule has 0 unspecified atom stereocenters. The second-order valence-corrected chi connectivity index (χ2v) is 5.50. The van der Waals surface area contributed by atoms with Crippen LogP contribution in [0.4, 0.5) is 5.82 Å². The zero-order valence-electron chi connectivity index (χ0n) is 11.7. The number of carbonyl (C=O) groups is 1. The average Bonchev–Trinajstić information content (AvgIpc) is 2.93. The van der Waals surface area contributed by atoms with Crippen molar-refractivity contribution in [2.45, 2.75) is 39.7 Å². The van der Waals surface area contributed by atoms with Gasteiger partial charge in [0.25, 0.3) is 0 Å². The topological polar surface area (TPSA) is 38.1 Å². The number of anilines is 1. The van der Waals surface area contributed by atoms with Crippen LogP contribution in [-0.4, -0.2) is 22.0 Å². The molecule has 0 aliphatic carbocycles. The van der Waals surface area contributed by atoms with Gasteiger partial charge in [-0.2, -0.15) is 0 Å². The van der Waals surface area contributed by atoms with Gasteiger partial charge in [-0.3, -0.25) is 9.69 Å². The average molecular weight is 257 g/mol. The minimum Gasteiger partial charge on any atom is -0.330 e. The highest BCUT2D eigenvalue weighted by Crippen LogP contribution is 2.27. The predicted molar refractivity (Wildman–Crippen MR) is 76.4 cm³/mol. The third kappa shape index (κ3) is 1.91. The Kier molecular flexibility index (Phi) is 2.81. The van der Waals surface area contributed by atoms with Gasteiger partial charge in [-0.25, -0.2) is 4.98 Å². The zero-order chi connectivity index (χ0) is 13.6. The molecule has 1 aliphatic rings. The van der Waals surface area contributed by atoms with Crippen molar-refractivity contribution in [2.24, 2.45) is 0 Å². The van der Waals surface area contributed by atoms with E-state index in [2.05, 4.69) is 37.6 Å². The summed E-state index contributed by atoms with van der Waals surface area (Å²) in [6, 6.07) is 4.41. The summed E-state index contributed by atoms with van der Waals surface area (Å²) in [6.45, 7) is 7.19. The molecule has 3 rings (SSSR count). The number of rotatable bonds is 2. The molecule has 0 N–H and O–H groups in total. The van der Waals surface area contributed by atoms with E-state index in [1.807, 2.05) is 6.07 Å². The third-order valence-corrected chi connectivity index (χ3v) is 3.77. The van der Waals surface area contributed by atoms with Crippen molar-refractivity contribution in [3.8, 4) is 0 Å². The predicted octanol–water partition coefficient (Wildman–Crippen LogP) is 3.05. The van der Waals surface area contributed by atoms with Crippen LogP contribution in [0.1, 0.15) is 38.3 Å². The molecular weight excluding hydrogens is 238 g/mol. The molecule has 1 saturated heterocycles. The Morgan fingerprint density at radius 3 is 2.74 bits per heavy atom. The van der Waals surface area contributed by atoms with Crippen LogP contribution < -0.4 is 4.90 Å². The lowest BCUT2D eigenvalue weighted by Gasteiger charge is -2.15. The fourth-order valence-electron chi connectivity index (χ4n) is 2.72. The van der Waals surface area contributed by atoms with E-state index >= 15 is 0 Å². The van der Waals surface area contributed by atoms with Crippen molar-refractivity contribution < 1.29 is 4.79 Å². The van der Waals surface area contributed by atoms with Crippen LogP contribution in [-0.2, 0) is 4.79 Å². The fourth-order valence-corrected chi connectivity index (χ4v) is 2.72. The molecule has 1 amide bonds. The summed E-state index contributed by atoms with van der Waals surface area (Å²) in [5, 5.41) is 1.17. The summed E-state index contributed by atoms with van der Waals surface area (Å²) in [6.07, 6.45) is 3.71. The molecule has 2 aromatic rings. The zero-order valence-corrected chi connectivity index (χ0v) is 11.7. The first kappa shape index (κ1) is 12.2. The second-order valence-electron chi connectivity index (χ2n) is 5.50. The van der Waals surface area contributed by atoms with Crippen LogP contribution >= 0.6 is 0 Å². The Hall–Kier alpha value is -1.84. The SMILES string of the molecule is Cc1cn(C(C)C)c2nc(N3CCCC3=O)ccc12. The van der Waals surface area contributed by atoms with Gasteiger partial charge in [-0.15, -0.1) is 0 Å². The molecule has 0 saturated carbocycles. The molecule has 3 heterocycles. The molecular formula is C15H19N3O. The van der Waals surface area contributed by atoms with Gasteiger partial charge in [0.05, 0.1) is 0 Å². The van der Waals surface area contributed by atoms with Gasteiger partial charge in [0.2, 0.25) is 5.91 Å². The number of pyridine rings is 1. The van der Waals surface area contributed by atoms with Crippen LogP contribution in [0.5, 0.6) is 0 Å². The van der Waals surface area contributed by atoms with Crippen molar-refractivity contribution in [1.82, 2.24) is 9.55 Å². The van der Waals surface area contributed by atoms with Gasteiger partial charge in [0.15, 0.2) is 0 Å². The summed E-state index contributed by atoms with van der Waals surface area (Å²) >= 11 is 0. The first-order chi connectivity index (χ1) is 9.08. The summed E-state index contributed by atoms with van der Waals surface area (Å²) in [5.41, 5.74) is 2.21. The third-order valence-electron chi connectivity index (χ3n) is 3.77. The number of carbonyl (C=O) groups excluding carboxylic acids is 1. The molecule has 0 aromatic carbocycles. The minimum atomic E-state index is 0.186. The molecule has 19 heavy (non-hydrogen) atoms. The van der Waals surface area contributed by atoms with Crippen molar-refractivity contribution >= 4 is 22.8 Å². The lowest BCUT2D eigenvalue weighted by molar-refractivity contribution is -0.117. The maximum Gasteiger partial charge on any atom is 0.228 e. The van der Waals surface area contributed by atoms with Crippen LogP contribution in [0.15, 0.2) is 18.3 Å². The first-order valence-electron chi connectivity index (χ1n) is 6.86. The quantitative estimate of drug-likeness (QED) is 0.829. The Bertz CT molecular complexity index is 642. The Morgan fingerprint density at radius 1 is 1.32 bits per heavy atom. The van der Waals surface area contributed by atoms with Crippen molar-refractivity contribution in [2.75, 3.05) is 11.4 Å². The highest BCUT2D eigenvalue weighted by Gasteiger charge is 2.23. The number of fused-ring (bicyclic) bond motifs is 1. The normalized spacial score (nSPS) is 16.0. The second kappa shape index (κ2) is 4.37. The van der Waals surface area contributed by atoms with E-state index in [0.717, 1.165) is 24.4 Å². The van der Waals surface area contributed by atoms with Gasteiger partial charge in [0.1, 0.15) is 11.5 Å². The lowest BCUT2D eigenvalue weighted by Crippen LogP contribution is -2.24. The van der Waals surface area contributed by atoms with E-state index in [0.29, 0.717) is 12.5 Å². The van der Waals surface area contributed by atoms with Crippen molar-refractivity contribution in [3.63, 3.8) is 0 Å². The van der Waals surface area contributed by atoms with Crippen LogP contribution in [0.2, 0.25) is 0 Å². The van der Waals surface area contributed by atoms with E-state index in [4.69, 9.17) is 4.98 Å². The summed E-state index contributed by atoms with van der Waals surface area (Å²) in [4.78, 5) is 18.3. The van der Waals surface area contributed by atoms with E-state index < -0.39 is 0 Å². The summed E-state index contributed by atoms with van der Waals surface area (Å²) in [7, 11) is 0. The molecule has 0 bridgehead atoms. The molecule has 4 nitrogen and oxygen atoms in total. The fraction of sp³-hybridized carbons (Fsp3) is 0.467. The monoisotopic (exact) mass is 257 g/mol. The van der Waals surface area contributed by atoms with E-state index in [-0.39, 0.29) is 5.91 Å². The highest BCUT2D eigenvalue weighted by atomic mass is 16.2. The Morgan fingerprint density at radius 2 is 2.11 bits per heavy atom. The molecule has 1 fully saturated rings. The maximum absolute atomic E-state index is 11.8. The smallest absolute Gasteiger partial charge is 0.228 e. The minimum absolute atomic E-state index is 0.186. The number of aryl methyl sites for hydroxylation is 1. The van der Waals surface area contributed by atoms with E-state index in [9.17, 15) is 4.79 Å². The molecule has 4 heteroatoms. The van der Waals surface area contributed by atoms with Crippen molar-refractivity contribution in [1.29, 1.82) is 0 Å². The van der Waals surface area contributed by atoms with Crippen molar-refractivity contribution in [3.05, 3.63) is 23.9 Å². The number of amides is 1. The van der Waals surface area contributed by atoms with E-state index in [1.165, 1.54) is 10.9 Å². The van der Waals surface area contributed by atoms with Gasteiger partial charge in [0, 0.05) is 30.6 Å². The molecule has 0 radical (unpaired) electrons. The van der Waals surface area contributed by atoms with Gasteiger partial charge in [-0.05, 0) is 44.9 Å². The number of hydrogen-bond donors (Lipinski definition) is 0. The molecule has 1 aliphatic heterocycles. The van der Waals surface area contributed by atoms with Gasteiger partial charge >= 0.3 is 0 Å². The molecule has 2 aromatic heterocycles. The number of nitrogens with zero attached hydrogens (tertiary/aromatic N) is 3. The van der Waals surface area contributed by atoms with E-state index in [1.54, 1.807) is 4.90 Å². The largest absolute Gasteiger partial charge is 0.330 e. The van der Waals surface area contributed by atoms with Crippen LogP contribution in [0.3, 0.4) is 0 Å². The Balaban J connectivity index is 2.14. The van der Waals surface area contributed by atoms with Gasteiger partial charge in [-0.1, -0.05) is 0 Å². The number of aromatic nitrogens is 2. The Labute approximate surface area is 113 Å². The van der Waals surface area contributed by atoms with Gasteiger partial charge < -0.3 is 4.57 Å². The standard InChI is InChI=1S/C15H19N3O/c1-10(2)18-9-11(3)12-6-7-13(16-15(12)18)17-8-4-5-14(17)19/h6-7,9-10H,4-5,8H2,1-3H3. The maximum atomic E-state index is 11.8. The highest BCUT2D eigenvalue weighted by molar-refractivity contribution is 5.95. The number of hydrogen-bond acceptors (Lipinski definition) is 2. The molecule has 100 valence electrons. The van der Waals surface area contributed by atoms with Crippen LogP contribution in [0, 0.1) is 6.92 Å². The molecule has 0 spiro atoms. The van der Waals surface area contributed by atoms with Crippen LogP contribution in [0.25, 0.3) is 11.0 Å². The summed E-state index contributed by atoms with van der Waals surface area (Å²) in [5.74, 6) is 0.973. The lowest BCUT2D eigenvalue weighted by atomic mass is 10.2.